The molecule has 1 heterocycles. The zero-order chi connectivity index (χ0) is 20.8. The molecule has 1 aliphatic heterocycles. The number of hydrogen-bond donors (Lipinski definition) is 1. The SMILES string of the molecule is Cc1ccc(C(=O)N2CCN(CC(=O)NCCc3ccc(Cl)cc3)CC2)cc1F. The van der Waals surface area contributed by atoms with Gasteiger partial charge >= 0.3 is 0 Å². The molecule has 3 rings (SSSR count). The maximum absolute atomic E-state index is 13.7. The summed E-state index contributed by atoms with van der Waals surface area (Å²) in [5, 5.41) is 3.63. The topological polar surface area (TPSA) is 52.7 Å². The molecule has 1 fully saturated rings. The number of carbonyl (C=O) groups is 2. The summed E-state index contributed by atoms with van der Waals surface area (Å²) in [6.45, 7) is 4.82. The monoisotopic (exact) mass is 417 g/mol. The predicted octanol–water partition coefficient (Wildman–Crippen LogP) is 2.90. The summed E-state index contributed by atoms with van der Waals surface area (Å²) in [5.74, 6) is -0.569. The first kappa shape index (κ1) is 21.3. The molecule has 2 amide bonds. The lowest BCUT2D eigenvalue weighted by Gasteiger charge is -2.34. The molecular weight excluding hydrogens is 393 g/mol. The Morgan fingerprint density at radius 2 is 1.76 bits per heavy atom. The van der Waals surface area contributed by atoms with Gasteiger partial charge in [-0.05, 0) is 48.7 Å². The van der Waals surface area contributed by atoms with Crippen molar-refractivity contribution in [2.75, 3.05) is 39.3 Å². The number of rotatable bonds is 6. The van der Waals surface area contributed by atoms with Gasteiger partial charge in [-0.25, -0.2) is 4.39 Å². The van der Waals surface area contributed by atoms with E-state index in [1.165, 1.54) is 6.07 Å². The molecule has 0 aliphatic carbocycles. The Hall–Kier alpha value is -2.44. The largest absolute Gasteiger partial charge is 0.355 e. The highest BCUT2D eigenvalue weighted by molar-refractivity contribution is 6.30. The molecule has 0 aromatic heterocycles. The van der Waals surface area contributed by atoms with Crippen LogP contribution >= 0.6 is 11.6 Å². The van der Waals surface area contributed by atoms with Crippen LogP contribution in [-0.2, 0) is 11.2 Å². The summed E-state index contributed by atoms with van der Waals surface area (Å²) >= 11 is 5.87. The molecule has 7 heteroatoms. The standard InChI is InChI=1S/C22H25ClFN3O2/c1-16-2-5-18(14-20(16)24)22(29)27-12-10-26(11-13-27)15-21(28)25-9-8-17-3-6-19(23)7-4-17/h2-7,14H,8-13,15H2,1H3,(H,25,28). The summed E-state index contributed by atoms with van der Waals surface area (Å²) in [4.78, 5) is 28.4. The van der Waals surface area contributed by atoms with Gasteiger partial charge in [-0.1, -0.05) is 29.8 Å². The Labute approximate surface area is 175 Å². The van der Waals surface area contributed by atoms with E-state index in [1.54, 1.807) is 24.0 Å². The minimum Gasteiger partial charge on any atom is -0.355 e. The van der Waals surface area contributed by atoms with Gasteiger partial charge in [0.25, 0.3) is 5.91 Å². The van der Waals surface area contributed by atoms with Gasteiger partial charge in [0.05, 0.1) is 6.54 Å². The number of halogens is 2. The number of nitrogens with zero attached hydrogens (tertiary/aromatic N) is 2. The first-order valence-electron chi connectivity index (χ1n) is 9.71. The van der Waals surface area contributed by atoms with Gasteiger partial charge in [0, 0.05) is 43.3 Å². The Morgan fingerprint density at radius 3 is 2.41 bits per heavy atom. The fourth-order valence-electron chi connectivity index (χ4n) is 3.27. The molecule has 0 radical (unpaired) electrons. The number of piperazine rings is 1. The molecule has 2 aromatic rings. The van der Waals surface area contributed by atoms with E-state index in [1.807, 2.05) is 29.2 Å². The van der Waals surface area contributed by atoms with E-state index in [9.17, 15) is 14.0 Å². The van der Waals surface area contributed by atoms with Crippen LogP contribution in [0.2, 0.25) is 5.02 Å². The maximum Gasteiger partial charge on any atom is 0.254 e. The number of aryl methyl sites for hydroxylation is 1. The lowest BCUT2D eigenvalue weighted by atomic mass is 10.1. The molecule has 0 unspecified atom stereocenters. The molecule has 1 saturated heterocycles. The number of carbonyl (C=O) groups excluding carboxylic acids is 2. The molecule has 1 aliphatic rings. The molecule has 29 heavy (non-hydrogen) atoms. The van der Waals surface area contributed by atoms with Crippen LogP contribution in [0, 0.1) is 12.7 Å². The second-order valence-corrected chi connectivity index (χ2v) is 7.70. The molecule has 0 atom stereocenters. The van der Waals surface area contributed by atoms with Gasteiger partial charge in [0.15, 0.2) is 0 Å². The lowest BCUT2D eigenvalue weighted by molar-refractivity contribution is -0.122. The smallest absolute Gasteiger partial charge is 0.254 e. The van der Waals surface area contributed by atoms with Crippen molar-refractivity contribution in [1.29, 1.82) is 0 Å². The van der Waals surface area contributed by atoms with Crippen LogP contribution in [0.5, 0.6) is 0 Å². The molecule has 0 saturated carbocycles. The van der Waals surface area contributed by atoms with Crippen LogP contribution in [0.4, 0.5) is 4.39 Å². The number of amides is 2. The van der Waals surface area contributed by atoms with Crippen molar-refractivity contribution < 1.29 is 14.0 Å². The van der Waals surface area contributed by atoms with Gasteiger partial charge < -0.3 is 10.2 Å². The Kier molecular flexibility index (Phi) is 7.23. The zero-order valence-corrected chi connectivity index (χ0v) is 17.2. The van der Waals surface area contributed by atoms with Crippen molar-refractivity contribution in [3.63, 3.8) is 0 Å². The minimum atomic E-state index is -0.371. The summed E-state index contributed by atoms with van der Waals surface area (Å²) in [5.41, 5.74) is 2.00. The van der Waals surface area contributed by atoms with Crippen molar-refractivity contribution in [3.8, 4) is 0 Å². The van der Waals surface area contributed by atoms with Crippen LogP contribution < -0.4 is 5.32 Å². The number of hydrogen-bond acceptors (Lipinski definition) is 3. The van der Waals surface area contributed by atoms with Crippen LogP contribution in [-0.4, -0.2) is 60.9 Å². The third kappa shape index (κ3) is 6.02. The highest BCUT2D eigenvalue weighted by Crippen LogP contribution is 2.13. The summed E-state index contributed by atoms with van der Waals surface area (Å²) in [6.07, 6.45) is 0.748. The molecule has 1 N–H and O–H groups in total. The van der Waals surface area contributed by atoms with E-state index in [-0.39, 0.29) is 17.6 Å². The zero-order valence-electron chi connectivity index (χ0n) is 16.5. The van der Waals surface area contributed by atoms with Crippen LogP contribution in [0.25, 0.3) is 0 Å². The Bertz CT molecular complexity index is 865. The Morgan fingerprint density at radius 1 is 1.07 bits per heavy atom. The Balaban J connectivity index is 1.39. The normalized spacial score (nSPS) is 14.7. The van der Waals surface area contributed by atoms with Gasteiger partial charge in [0.1, 0.15) is 5.82 Å². The highest BCUT2D eigenvalue weighted by Gasteiger charge is 2.23. The third-order valence-electron chi connectivity index (χ3n) is 5.09. The fraction of sp³-hybridized carbons (Fsp3) is 0.364. The second-order valence-electron chi connectivity index (χ2n) is 7.26. The van der Waals surface area contributed by atoms with Gasteiger partial charge in [0.2, 0.25) is 5.91 Å². The van der Waals surface area contributed by atoms with E-state index < -0.39 is 0 Å². The quantitative estimate of drug-likeness (QED) is 0.786. The van der Waals surface area contributed by atoms with Gasteiger partial charge in [-0.15, -0.1) is 0 Å². The number of nitrogens with one attached hydrogen (secondary N) is 1. The maximum atomic E-state index is 13.7. The van der Waals surface area contributed by atoms with Gasteiger partial charge in [-0.2, -0.15) is 0 Å². The lowest BCUT2D eigenvalue weighted by Crippen LogP contribution is -2.51. The van der Waals surface area contributed by atoms with Crippen molar-refractivity contribution in [2.45, 2.75) is 13.3 Å². The van der Waals surface area contributed by atoms with E-state index >= 15 is 0 Å². The molecule has 154 valence electrons. The van der Waals surface area contributed by atoms with E-state index in [0.29, 0.717) is 55.4 Å². The first-order chi connectivity index (χ1) is 13.9. The average molecular weight is 418 g/mol. The van der Waals surface area contributed by atoms with Gasteiger partial charge in [-0.3, -0.25) is 14.5 Å². The highest BCUT2D eigenvalue weighted by atomic mass is 35.5. The van der Waals surface area contributed by atoms with Crippen LogP contribution in [0.3, 0.4) is 0 Å². The van der Waals surface area contributed by atoms with Crippen molar-refractivity contribution in [3.05, 3.63) is 70.0 Å². The third-order valence-corrected chi connectivity index (χ3v) is 5.35. The van der Waals surface area contributed by atoms with Crippen molar-refractivity contribution in [1.82, 2.24) is 15.1 Å². The second kappa shape index (κ2) is 9.85. The molecule has 2 aromatic carbocycles. The fourth-order valence-corrected chi connectivity index (χ4v) is 3.40. The molecule has 5 nitrogen and oxygen atoms in total. The molecule has 0 spiro atoms. The molecule has 0 bridgehead atoms. The molecular formula is C22H25ClFN3O2. The average Bonchev–Trinajstić information content (AvgIpc) is 2.71. The number of benzene rings is 2. The van der Waals surface area contributed by atoms with E-state index in [0.717, 1.165) is 12.0 Å². The summed E-state index contributed by atoms with van der Waals surface area (Å²) < 4.78 is 13.7. The summed E-state index contributed by atoms with van der Waals surface area (Å²) in [7, 11) is 0. The summed E-state index contributed by atoms with van der Waals surface area (Å²) in [6, 6.07) is 12.1. The van der Waals surface area contributed by atoms with Crippen molar-refractivity contribution in [2.24, 2.45) is 0 Å². The first-order valence-corrected chi connectivity index (χ1v) is 10.1. The van der Waals surface area contributed by atoms with Crippen LogP contribution in [0.1, 0.15) is 21.5 Å². The predicted molar refractivity (Wildman–Crippen MR) is 112 cm³/mol. The van der Waals surface area contributed by atoms with E-state index in [2.05, 4.69) is 5.32 Å². The minimum absolute atomic E-state index is 0.0284. The van der Waals surface area contributed by atoms with Crippen LogP contribution in [0.15, 0.2) is 42.5 Å². The van der Waals surface area contributed by atoms with E-state index in [4.69, 9.17) is 11.6 Å². The van der Waals surface area contributed by atoms with Crippen molar-refractivity contribution >= 4 is 23.4 Å².